The molecular weight excluding hydrogens is 306 g/mol. The lowest BCUT2D eigenvalue weighted by atomic mass is 10.1. The molecule has 0 aliphatic heterocycles. The van der Waals surface area contributed by atoms with Crippen molar-refractivity contribution in [3.8, 4) is 0 Å². The third kappa shape index (κ3) is 3.84. The number of nitrogens with one attached hydrogen (secondary N) is 1. The molecule has 0 amide bonds. The molecule has 0 saturated carbocycles. The van der Waals surface area contributed by atoms with Gasteiger partial charge in [0.15, 0.2) is 0 Å². The van der Waals surface area contributed by atoms with Gasteiger partial charge in [-0.3, -0.25) is 0 Å². The Hall–Kier alpha value is -1.36. The first-order valence-corrected chi connectivity index (χ1v) is 8.51. The van der Waals surface area contributed by atoms with Crippen molar-refractivity contribution in [3.63, 3.8) is 0 Å². The molecule has 0 bridgehead atoms. The van der Waals surface area contributed by atoms with Gasteiger partial charge in [-0.2, -0.15) is 0 Å². The van der Waals surface area contributed by atoms with Crippen LogP contribution in [0.5, 0.6) is 0 Å². The molecule has 112 valence electrons. The van der Waals surface area contributed by atoms with E-state index in [2.05, 4.69) is 4.72 Å². The Morgan fingerprint density at radius 1 is 1.05 bits per heavy atom. The van der Waals surface area contributed by atoms with Crippen LogP contribution in [0.4, 0.5) is 0 Å². The van der Waals surface area contributed by atoms with Crippen LogP contribution < -0.4 is 4.72 Å². The van der Waals surface area contributed by atoms with Crippen LogP contribution in [-0.2, 0) is 10.0 Å². The van der Waals surface area contributed by atoms with E-state index in [1.54, 1.807) is 25.1 Å². The zero-order chi connectivity index (χ0) is 15.6. The van der Waals surface area contributed by atoms with Crippen molar-refractivity contribution in [1.82, 2.24) is 4.72 Å². The van der Waals surface area contributed by atoms with Crippen molar-refractivity contribution in [2.75, 3.05) is 0 Å². The quantitative estimate of drug-likeness (QED) is 0.924. The molecule has 0 spiro atoms. The first-order chi connectivity index (χ1) is 9.79. The minimum Gasteiger partial charge on any atom is -0.207 e. The maximum atomic E-state index is 12.5. The van der Waals surface area contributed by atoms with E-state index >= 15 is 0 Å². The monoisotopic (exact) mass is 323 g/mol. The van der Waals surface area contributed by atoms with Crippen LogP contribution in [-0.4, -0.2) is 8.42 Å². The molecule has 3 nitrogen and oxygen atoms in total. The van der Waals surface area contributed by atoms with Gasteiger partial charge in [-0.05, 0) is 55.7 Å². The summed E-state index contributed by atoms with van der Waals surface area (Å²) >= 11 is 5.84. The summed E-state index contributed by atoms with van der Waals surface area (Å²) in [7, 11) is -3.55. The number of benzene rings is 2. The lowest BCUT2D eigenvalue weighted by Crippen LogP contribution is -2.27. The zero-order valence-corrected chi connectivity index (χ0v) is 13.8. The average molecular weight is 324 g/mol. The Bertz CT molecular complexity index is 739. The van der Waals surface area contributed by atoms with Gasteiger partial charge in [0.1, 0.15) is 0 Å². The van der Waals surface area contributed by atoms with E-state index in [9.17, 15) is 8.42 Å². The highest BCUT2D eigenvalue weighted by Crippen LogP contribution is 2.21. The molecule has 1 N–H and O–H groups in total. The Morgan fingerprint density at radius 2 is 1.67 bits per heavy atom. The lowest BCUT2D eigenvalue weighted by molar-refractivity contribution is 0.566. The van der Waals surface area contributed by atoms with Crippen molar-refractivity contribution >= 4 is 21.6 Å². The molecule has 0 saturated heterocycles. The Balaban J connectivity index is 2.28. The van der Waals surface area contributed by atoms with Crippen LogP contribution in [0.15, 0.2) is 47.4 Å². The number of halogens is 1. The lowest BCUT2D eigenvalue weighted by Gasteiger charge is -2.16. The molecule has 2 rings (SSSR count). The smallest absolute Gasteiger partial charge is 0.207 e. The zero-order valence-electron chi connectivity index (χ0n) is 12.2. The highest BCUT2D eigenvalue weighted by Gasteiger charge is 2.20. The highest BCUT2D eigenvalue weighted by molar-refractivity contribution is 7.89. The largest absolute Gasteiger partial charge is 0.241 e. The normalized spacial score (nSPS) is 13.1. The Kier molecular flexibility index (Phi) is 4.71. The number of aryl methyl sites for hydroxylation is 2. The molecule has 0 aliphatic carbocycles. The first-order valence-electron chi connectivity index (χ1n) is 6.64. The third-order valence-corrected chi connectivity index (χ3v) is 5.27. The molecule has 0 heterocycles. The molecule has 0 aliphatic rings. The SMILES string of the molecule is Cc1ccc(C)c(S(=O)(=O)N[C@H](C)c2ccc(Cl)cc2)c1. The first kappa shape index (κ1) is 16.0. The molecule has 0 fully saturated rings. The van der Waals surface area contributed by atoms with E-state index in [-0.39, 0.29) is 6.04 Å². The summed E-state index contributed by atoms with van der Waals surface area (Å²) < 4.78 is 27.7. The number of hydrogen-bond donors (Lipinski definition) is 1. The standard InChI is InChI=1S/C16H18ClNO2S/c1-11-4-5-12(2)16(10-11)21(19,20)18-13(3)14-6-8-15(17)9-7-14/h4-10,13,18H,1-3H3/t13-/m1/s1. The number of sulfonamides is 1. The molecule has 2 aromatic carbocycles. The van der Waals surface area contributed by atoms with Crippen LogP contribution in [0.3, 0.4) is 0 Å². The van der Waals surface area contributed by atoms with E-state index in [0.29, 0.717) is 9.92 Å². The van der Waals surface area contributed by atoms with Crippen LogP contribution in [0.25, 0.3) is 0 Å². The summed E-state index contributed by atoms with van der Waals surface area (Å²) in [6.07, 6.45) is 0. The van der Waals surface area contributed by atoms with Crippen molar-refractivity contribution in [2.24, 2.45) is 0 Å². The fraction of sp³-hybridized carbons (Fsp3) is 0.250. The average Bonchev–Trinajstić information content (AvgIpc) is 2.41. The number of hydrogen-bond acceptors (Lipinski definition) is 2. The maximum absolute atomic E-state index is 12.5. The molecule has 2 aromatic rings. The second-order valence-electron chi connectivity index (χ2n) is 5.16. The summed E-state index contributed by atoms with van der Waals surface area (Å²) in [6.45, 7) is 5.48. The molecular formula is C16H18ClNO2S. The van der Waals surface area contributed by atoms with E-state index in [0.717, 1.165) is 16.7 Å². The Morgan fingerprint density at radius 3 is 2.29 bits per heavy atom. The van der Waals surface area contributed by atoms with Gasteiger partial charge < -0.3 is 0 Å². The van der Waals surface area contributed by atoms with Gasteiger partial charge >= 0.3 is 0 Å². The number of rotatable bonds is 4. The van der Waals surface area contributed by atoms with Gasteiger partial charge in [0.25, 0.3) is 0 Å². The molecule has 0 unspecified atom stereocenters. The summed E-state index contributed by atoms with van der Waals surface area (Å²) in [4.78, 5) is 0.323. The van der Waals surface area contributed by atoms with Crippen LogP contribution >= 0.6 is 11.6 Å². The highest BCUT2D eigenvalue weighted by atomic mass is 35.5. The van der Waals surface area contributed by atoms with Gasteiger partial charge in [0.05, 0.1) is 4.90 Å². The molecule has 1 atom stereocenters. The third-order valence-electron chi connectivity index (χ3n) is 3.34. The van der Waals surface area contributed by atoms with E-state index in [4.69, 9.17) is 11.6 Å². The fourth-order valence-corrected chi connectivity index (χ4v) is 3.80. The van der Waals surface area contributed by atoms with E-state index < -0.39 is 10.0 Å². The minimum absolute atomic E-state index is 0.323. The van der Waals surface area contributed by atoms with Crippen LogP contribution in [0.1, 0.15) is 29.7 Å². The van der Waals surface area contributed by atoms with Gasteiger partial charge in [-0.15, -0.1) is 0 Å². The Labute approximate surface area is 131 Å². The minimum atomic E-state index is -3.55. The topological polar surface area (TPSA) is 46.2 Å². The van der Waals surface area contributed by atoms with Gasteiger partial charge in [0.2, 0.25) is 10.0 Å². The fourth-order valence-electron chi connectivity index (χ4n) is 2.11. The van der Waals surface area contributed by atoms with E-state index in [1.165, 1.54) is 0 Å². The maximum Gasteiger partial charge on any atom is 0.241 e. The van der Waals surface area contributed by atoms with Gasteiger partial charge in [0, 0.05) is 11.1 Å². The van der Waals surface area contributed by atoms with Crippen LogP contribution in [0.2, 0.25) is 5.02 Å². The van der Waals surface area contributed by atoms with Crippen molar-refractivity contribution < 1.29 is 8.42 Å². The summed E-state index contributed by atoms with van der Waals surface area (Å²) in [5.41, 5.74) is 2.52. The summed E-state index contributed by atoms with van der Waals surface area (Å²) in [5, 5.41) is 0.628. The second-order valence-corrected chi connectivity index (χ2v) is 7.28. The predicted molar refractivity (Wildman–Crippen MR) is 86.1 cm³/mol. The second kappa shape index (κ2) is 6.18. The van der Waals surface area contributed by atoms with Crippen LogP contribution in [0, 0.1) is 13.8 Å². The van der Waals surface area contributed by atoms with Crippen molar-refractivity contribution in [2.45, 2.75) is 31.7 Å². The molecule has 0 radical (unpaired) electrons. The summed E-state index contributed by atoms with van der Waals surface area (Å²) in [6, 6.07) is 12.2. The van der Waals surface area contributed by atoms with Crippen molar-refractivity contribution in [3.05, 3.63) is 64.2 Å². The molecule has 0 aromatic heterocycles. The molecule has 5 heteroatoms. The van der Waals surface area contributed by atoms with E-state index in [1.807, 2.05) is 38.1 Å². The van der Waals surface area contributed by atoms with Crippen molar-refractivity contribution in [1.29, 1.82) is 0 Å². The molecule has 21 heavy (non-hydrogen) atoms. The van der Waals surface area contributed by atoms with Gasteiger partial charge in [-0.25, -0.2) is 13.1 Å². The summed E-state index contributed by atoms with van der Waals surface area (Å²) in [5.74, 6) is 0. The van der Waals surface area contributed by atoms with Gasteiger partial charge in [-0.1, -0.05) is 35.9 Å². The predicted octanol–water partition coefficient (Wildman–Crippen LogP) is 4.00.